The molecule has 0 unspecified atom stereocenters. The average Bonchev–Trinajstić information content (AvgIpc) is 2.39. The van der Waals surface area contributed by atoms with Gasteiger partial charge in [0.15, 0.2) is 0 Å². The van der Waals surface area contributed by atoms with E-state index < -0.39 is 12.0 Å². The number of hydrogen-bond acceptors (Lipinski definition) is 3. The van der Waals surface area contributed by atoms with Crippen LogP contribution in [0.25, 0.3) is 11.3 Å². The largest absolute Gasteiger partial charge is 0.494 e. The summed E-state index contributed by atoms with van der Waals surface area (Å²) in [6.07, 6.45) is -3.44. The SMILES string of the molecule is CCOc1ccc(-c2ccnc(C(F)(F)F)n2)cc1. The molecule has 0 aliphatic heterocycles. The Kier molecular flexibility index (Phi) is 3.69. The fraction of sp³-hybridized carbons (Fsp3) is 0.231. The monoisotopic (exact) mass is 268 g/mol. The van der Waals surface area contributed by atoms with Crippen molar-refractivity contribution in [2.45, 2.75) is 13.1 Å². The highest BCUT2D eigenvalue weighted by Gasteiger charge is 2.34. The summed E-state index contributed by atoms with van der Waals surface area (Å²) in [5.41, 5.74) is 0.807. The Hall–Kier alpha value is -2.11. The van der Waals surface area contributed by atoms with Crippen LogP contribution in [-0.2, 0) is 6.18 Å². The van der Waals surface area contributed by atoms with Crippen molar-refractivity contribution in [3.05, 3.63) is 42.4 Å². The van der Waals surface area contributed by atoms with E-state index in [0.29, 0.717) is 17.9 Å². The first-order valence-corrected chi connectivity index (χ1v) is 5.64. The van der Waals surface area contributed by atoms with Gasteiger partial charge >= 0.3 is 6.18 Å². The Balaban J connectivity index is 2.31. The first-order valence-electron chi connectivity index (χ1n) is 5.64. The lowest BCUT2D eigenvalue weighted by molar-refractivity contribution is -0.144. The summed E-state index contributed by atoms with van der Waals surface area (Å²) in [5, 5.41) is 0. The molecule has 0 atom stereocenters. The highest BCUT2D eigenvalue weighted by Crippen LogP contribution is 2.28. The van der Waals surface area contributed by atoms with E-state index in [2.05, 4.69) is 9.97 Å². The fourth-order valence-corrected chi connectivity index (χ4v) is 1.54. The van der Waals surface area contributed by atoms with Crippen molar-refractivity contribution in [2.24, 2.45) is 0 Å². The third-order valence-electron chi connectivity index (χ3n) is 2.37. The number of halogens is 3. The minimum Gasteiger partial charge on any atom is -0.494 e. The molecular formula is C13H11F3N2O. The summed E-state index contributed by atoms with van der Waals surface area (Å²) in [6.45, 7) is 2.39. The standard InChI is InChI=1S/C13H11F3N2O/c1-2-19-10-5-3-9(4-6-10)11-7-8-17-12(18-11)13(14,15)16/h3-8H,2H2,1H3. The van der Waals surface area contributed by atoms with Gasteiger partial charge in [0.05, 0.1) is 12.3 Å². The molecule has 0 radical (unpaired) electrons. The molecule has 0 bridgehead atoms. The number of benzene rings is 1. The second-order valence-electron chi connectivity index (χ2n) is 3.72. The second-order valence-corrected chi connectivity index (χ2v) is 3.72. The van der Waals surface area contributed by atoms with E-state index in [9.17, 15) is 13.2 Å². The lowest BCUT2D eigenvalue weighted by Gasteiger charge is -2.07. The number of ether oxygens (including phenoxy) is 1. The van der Waals surface area contributed by atoms with Gasteiger partial charge in [-0.1, -0.05) is 0 Å². The predicted octanol–water partition coefficient (Wildman–Crippen LogP) is 3.56. The van der Waals surface area contributed by atoms with Gasteiger partial charge in [-0.05, 0) is 37.3 Å². The van der Waals surface area contributed by atoms with Crippen molar-refractivity contribution in [3.8, 4) is 17.0 Å². The Morgan fingerprint density at radius 2 is 1.79 bits per heavy atom. The number of hydrogen-bond donors (Lipinski definition) is 0. The highest BCUT2D eigenvalue weighted by atomic mass is 19.4. The third kappa shape index (κ3) is 3.21. The van der Waals surface area contributed by atoms with Gasteiger partial charge in [0, 0.05) is 11.8 Å². The molecule has 0 aliphatic rings. The normalized spacial score (nSPS) is 11.4. The molecule has 0 saturated carbocycles. The summed E-state index contributed by atoms with van der Waals surface area (Å²) < 4.78 is 42.8. The quantitative estimate of drug-likeness (QED) is 0.853. The summed E-state index contributed by atoms with van der Waals surface area (Å²) in [7, 11) is 0. The fourth-order valence-electron chi connectivity index (χ4n) is 1.54. The van der Waals surface area contributed by atoms with Crippen LogP contribution in [0.15, 0.2) is 36.5 Å². The zero-order valence-corrected chi connectivity index (χ0v) is 10.1. The van der Waals surface area contributed by atoms with Gasteiger partial charge in [0.1, 0.15) is 5.75 Å². The van der Waals surface area contributed by atoms with Gasteiger partial charge in [-0.2, -0.15) is 13.2 Å². The molecule has 0 aliphatic carbocycles. The Morgan fingerprint density at radius 3 is 2.37 bits per heavy atom. The zero-order valence-electron chi connectivity index (χ0n) is 10.1. The van der Waals surface area contributed by atoms with Gasteiger partial charge in [-0.25, -0.2) is 9.97 Å². The van der Waals surface area contributed by atoms with Crippen LogP contribution in [-0.4, -0.2) is 16.6 Å². The van der Waals surface area contributed by atoms with Crippen molar-refractivity contribution >= 4 is 0 Å². The Bertz CT molecular complexity index is 553. The van der Waals surface area contributed by atoms with Crippen molar-refractivity contribution < 1.29 is 17.9 Å². The molecule has 1 aromatic heterocycles. The molecule has 0 spiro atoms. The van der Waals surface area contributed by atoms with E-state index in [0.717, 1.165) is 6.20 Å². The van der Waals surface area contributed by atoms with Crippen molar-refractivity contribution in [2.75, 3.05) is 6.61 Å². The molecule has 0 amide bonds. The van der Waals surface area contributed by atoms with E-state index in [1.807, 2.05) is 6.92 Å². The molecule has 2 rings (SSSR count). The van der Waals surface area contributed by atoms with Crippen molar-refractivity contribution in [1.29, 1.82) is 0 Å². The lowest BCUT2D eigenvalue weighted by atomic mass is 10.1. The molecule has 6 heteroatoms. The van der Waals surface area contributed by atoms with Crippen LogP contribution in [0.5, 0.6) is 5.75 Å². The topological polar surface area (TPSA) is 35.0 Å². The van der Waals surface area contributed by atoms with Crippen LogP contribution in [0.1, 0.15) is 12.7 Å². The van der Waals surface area contributed by atoms with Gasteiger partial charge in [0.25, 0.3) is 0 Å². The Morgan fingerprint density at radius 1 is 1.11 bits per heavy atom. The first-order chi connectivity index (χ1) is 9.00. The molecule has 0 saturated heterocycles. The van der Waals surface area contributed by atoms with Gasteiger partial charge in [0.2, 0.25) is 5.82 Å². The number of rotatable bonds is 3. The average molecular weight is 268 g/mol. The van der Waals surface area contributed by atoms with E-state index >= 15 is 0 Å². The molecule has 0 fully saturated rings. The van der Waals surface area contributed by atoms with Crippen LogP contribution >= 0.6 is 0 Å². The number of nitrogens with zero attached hydrogens (tertiary/aromatic N) is 2. The van der Waals surface area contributed by atoms with Crippen LogP contribution in [0.3, 0.4) is 0 Å². The maximum atomic E-state index is 12.5. The van der Waals surface area contributed by atoms with Crippen LogP contribution in [0.4, 0.5) is 13.2 Å². The zero-order chi connectivity index (χ0) is 13.9. The number of alkyl halides is 3. The van der Waals surface area contributed by atoms with E-state index in [-0.39, 0.29) is 5.69 Å². The summed E-state index contributed by atoms with van der Waals surface area (Å²) in [6, 6.07) is 8.13. The van der Waals surface area contributed by atoms with E-state index in [4.69, 9.17) is 4.74 Å². The van der Waals surface area contributed by atoms with E-state index in [1.165, 1.54) is 6.07 Å². The summed E-state index contributed by atoms with van der Waals surface area (Å²) in [5.74, 6) is -0.477. The van der Waals surface area contributed by atoms with Crippen molar-refractivity contribution in [3.63, 3.8) is 0 Å². The lowest BCUT2D eigenvalue weighted by Crippen LogP contribution is -2.10. The first kappa shape index (κ1) is 13.3. The molecule has 3 nitrogen and oxygen atoms in total. The smallest absolute Gasteiger partial charge is 0.451 e. The summed E-state index contributed by atoms with van der Waals surface area (Å²) >= 11 is 0. The van der Waals surface area contributed by atoms with Crippen LogP contribution in [0.2, 0.25) is 0 Å². The minimum atomic E-state index is -4.54. The van der Waals surface area contributed by atoms with Gasteiger partial charge in [-0.15, -0.1) is 0 Å². The van der Waals surface area contributed by atoms with Crippen molar-refractivity contribution in [1.82, 2.24) is 9.97 Å². The molecule has 1 heterocycles. The minimum absolute atomic E-state index is 0.227. The molecule has 0 N–H and O–H groups in total. The van der Waals surface area contributed by atoms with Crippen LogP contribution < -0.4 is 4.74 Å². The molecular weight excluding hydrogens is 257 g/mol. The van der Waals surface area contributed by atoms with Gasteiger partial charge in [-0.3, -0.25) is 0 Å². The van der Waals surface area contributed by atoms with E-state index in [1.54, 1.807) is 24.3 Å². The van der Waals surface area contributed by atoms with Gasteiger partial charge < -0.3 is 4.74 Å². The molecule has 100 valence electrons. The molecule has 19 heavy (non-hydrogen) atoms. The Labute approximate surface area is 108 Å². The summed E-state index contributed by atoms with van der Waals surface area (Å²) in [4.78, 5) is 6.74. The predicted molar refractivity (Wildman–Crippen MR) is 63.6 cm³/mol. The third-order valence-corrected chi connectivity index (χ3v) is 2.37. The highest BCUT2D eigenvalue weighted by molar-refractivity contribution is 5.59. The molecule has 1 aromatic carbocycles. The second kappa shape index (κ2) is 5.26. The van der Waals surface area contributed by atoms with Crippen LogP contribution in [0, 0.1) is 0 Å². The number of aromatic nitrogens is 2. The maximum Gasteiger partial charge on any atom is 0.451 e. The molecule has 2 aromatic rings. The maximum absolute atomic E-state index is 12.5.